The maximum atomic E-state index is 12.0. The maximum Gasteiger partial charge on any atom is 0.245 e. The zero-order valence-electron chi connectivity index (χ0n) is 10.7. The highest BCUT2D eigenvalue weighted by Crippen LogP contribution is 2.18. The summed E-state index contributed by atoms with van der Waals surface area (Å²) in [7, 11) is 0. The molecule has 1 rings (SSSR count). The summed E-state index contributed by atoms with van der Waals surface area (Å²) in [6.45, 7) is 3.56. The van der Waals surface area contributed by atoms with Crippen LogP contribution in [0.25, 0.3) is 0 Å². The number of anilines is 1. The number of thiocarbonyl (C=S) groups is 1. The Labute approximate surface area is 121 Å². The summed E-state index contributed by atoms with van der Waals surface area (Å²) >= 11 is 5.89. The van der Waals surface area contributed by atoms with Crippen molar-refractivity contribution in [2.75, 3.05) is 11.9 Å². The molecule has 0 radical (unpaired) electrons. The molecular weight excluding hydrogens is 282 g/mol. The standard InChI is InChI=1S/C13H15NO3S2/c1-3-17-13(18)19-11(9(2)15)12(16)14-10-7-5-4-6-8-10/h4-8,11H,3H2,1-2H3,(H,14,16)/t11-/m1/s1. The molecule has 0 saturated heterocycles. The molecule has 0 aliphatic heterocycles. The van der Waals surface area contributed by atoms with Crippen LogP contribution in [0.5, 0.6) is 0 Å². The highest BCUT2D eigenvalue weighted by atomic mass is 32.2. The first-order valence-electron chi connectivity index (χ1n) is 5.74. The largest absolute Gasteiger partial charge is 0.479 e. The van der Waals surface area contributed by atoms with Crippen LogP contribution in [0, 0.1) is 0 Å². The van der Waals surface area contributed by atoms with E-state index in [9.17, 15) is 9.59 Å². The number of para-hydroxylation sites is 1. The molecule has 0 saturated carbocycles. The van der Waals surface area contributed by atoms with E-state index in [4.69, 9.17) is 17.0 Å². The van der Waals surface area contributed by atoms with Crippen LogP contribution in [0.3, 0.4) is 0 Å². The Morgan fingerprint density at radius 1 is 1.37 bits per heavy atom. The van der Waals surface area contributed by atoms with Crippen LogP contribution in [0.4, 0.5) is 5.69 Å². The fraction of sp³-hybridized carbons (Fsp3) is 0.308. The van der Waals surface area contributed by atoms with Gasteiger partial charge in [-0.05, 0) is 38.2 Å². The highest BCUT2D eigenvalue weighted by molar-refractivity contribution is 8.23. The van der Waals surface area contributed by atoms with Crippen molar-refractivity contribution in [2.24, 2.45) is 0 Å². The number of ether oxygens (including phenoxy) is 1. The number of thioether (sulfide) groups is 1. The molecule has 0 aromatic heterocycles. The lowest BCUT2D eigenvalue weighted by molar-refractivity contribution is -0.123. The number of hydrogen-bond acceptors (Lipinski definition) is 5. The van der Waals surface area contributed by atoms with E-state index in [-0.39, 0.29) is 10.2 Å². The first kappa shape index (κ1) is 15.7. The third kappa shape index (κ3) is 5.40. The summed E-state index contributed by atoms with van der Waals surface area (Å²) in [5.74, 6) is -0.661. The van der Waals surface area contributed by atoms with Crippen LogP contribution in [0.15, 0.2) is 30.3 Å². The highest BCUT2D eigenvalue weighted by Gasteiger charge is 2.26. The van der Waals surface area contributed by atoms with Gasteiger partial charge in [-0.25, -0.2) is 0 Å². The summed E-state index contributed by atoms with van der Waals surface area (Å²) in [4.78, 5) is 23.5. The van der Waals surface area contributed by atoms with Gasteiger partial charge in [0.05, 0.1) is 6.61 Å². The van der Waals surface area contributed by atoms with Crippen LogP contribution in [-0.4, -0.2) is 27.9 Å². The molecule has 0 heterocycles. The summed E-state index contributed by atoms with van der Waals surface area (Å²) in [5.41, 5.74) is 0.640. The van der Waals surface area contributed by atoms with Gasteiger partial charge in [0.15, 0.2) is 11.0 Å². The van der Waals surface area contributed by atoms with E-state index < -0.39 is 11.2 Å². The number of amides is 1. The molecule has 1 amide bonds. The number of hydrogen-bond donors (Lipinski definition) is 1. The first-order chi connectivity index (χ1) is 9.04. The van der Waals surface area contributed by atoms with Crippen molar-refractivity contribution in [2.45, 2.75) is 19.1 Å². The van der Waals surface area contributed by atoms with Gasteiger partial charge >= 0.3 is 0 Å². The number of nitrogens with one attached hydrogen (secondary N) is 1. The van der Waals surface area contributed by atoms with Crippen molar-refractivity contribution in [1.29, 1.82) is 0 Å². The van der Waals surface area contributed by atoms with E-state index in [1.165, 1.54) is 6.92 Å². The summed E-state index contributed by atoms with van der Waals surface area (Å²) in [5, 5.41) is 1.79. The molecule has 6 heteroatoms. The summed E-state index contributed by atoms with van der Waals surface area (Å²) in [6.07, 6.45) is 0. The van der Waals surface area contributed by atoms with Gasteiger partial charge in [0.1, 0.15) is 0 Å². The van der Waals surface area contributed by atoms with Gasteiger partial charge in [0.25, 0.3) is 0 Å². The third-order valence-electron chi connectivity index (χ3n) is 2.12. The summed E-state index contributed by atoms with van der Waals surface area (Å²) in [6, 6.07) is 8.95. The Kier molecular flexibility index (Phi) is 6.52. The molecule has 0 fully saturated rings. The molecule has 0 bridgehead atoms. The molecule has 4 nitrogen and oxygen atoms in total. The van der Waals surface area contributed by atoms with Gasteiger partial charge in [-0.2, -0.15) is 0 Å². The van der Waals surface area contributed by atoms with Gasteiger partial charge in [-0.15, -0.1) is 0 Å². The van der Waals surface area contributed by atoms with Gasteiger partial charge in [0, 0.05) is 5.69 Å². The average Bonchev–Trinajstić information content (AvgIpc) is 2.37. The molecule has 102 valence electrons. The molecular formula is C13H15NO3S2. The van der Waals surface area contributed by atoms with Crippen LogP contribution in [-0.2, 0) is 14.3 Å². The Hall–Kier alpha value is -1.40. The fourth-order valence-corrected chi connectivity index (χ4v) is 2.42. The van der Waals surface area contributed by atoms with Crippen LogP contribution in [0.1, 0.15) is 13.8 Å². The van der Waals surface area contributed by atoms with Gasteiger partial charge < -0.3 is 10.1 Å². The lowest BCUT2D eigenvalue weighted by Gasteiger charge is -2.14. The average molecular weight is 297 g/mol. The van der Waals surface area contributed by atoms with E-state index in [1.54, 1.807) is 31.2 Å². The van der Waals surface area contributed by atoms with E-state index in [0.29, 0.717) is 12.3 Å². The smallest absolute Gasteiger partial charge is 0.245 e. The van der Waals surface area contributed by atoms with E-state index in [1.807, 2.05) is 6.07 Å². The van der Waals surface area contributed by atoms with Crippen molar-refractivity contribution >= 4 is 45.7 Å². The monoisotopic (exact) mass is 297 g/mol. The Balaban J connectivity index is 2.68. The lowest BCUT2D eigenvalue weighted by atomic mass is 10.2. The normalized spacial score (nSPS) is 11.5. The molecule has 19 heavy (non-hydrogen) atoms. The molecule has 0 spiro atoms. The van der Waals surface area contributed by atoms with Crippen LogP contribution >= 0.6 is 24.0 Å². The molecule has 1 N–H and O–H groups in total. The predicted octanol–water partition coefficient (Wildman–Crippen LogP) is 2.64. The van der Waals surface area contributed by atoms with Gasteiger partial charge in [-0.3, -0.25) is 9.59 Å². The molecule has 1 aromatic rings. The first-order valence-corrected chi connectivity index (χ1v) is 7.03. The second kappa shape index (κ2) is 7.91. The zero-order valence-corrected chi connectivity index (χ0v) is 12.3. The topological polar surface area (TPSA) is 55.4 Å². The molecule has 1 aromatic carbocycles. The quantitative estimate of drug-likeness (QED) is 0.669. The van der Waals surface area contributed by atoms with E-state index >= 15 is 0 Å². The number of carbonyl (C=O) groups is 2. The zero-order chi connectivity index (χ0) is 14.3. The molecule has 0 unspecified atom stereocenters. The second-order valence-corrected chi connectivity index (χ2v) is 5.35. The van der Waals surface area contributed by atoms with Crippen LogP contribution < -0.4 is 5.32 Å². The second-order valence-electron chi connectivity index (χ2n) is 3.65. The Bertz CT molecular complexity index is 462. The lowest BCUT2D eigenvalue weighted by Crippen LogP contribution is -2.32. The van der Waals surface area contributed by atoms with Crippen molar-refractivity contribution < 1.29 is 14.3 Å². The minimum Gasteiger partial charge on any atom is -0.479 e. The minimum atomic E-state index is -0.890. The van der Waals surface area contributed by atoms with Crippen molar-refractivity contribution in [3.63, 3.8) is 0 Å². The van der Waals surface area contributed by atoms with Gasteiger partial charge in [-0.1, -0.05) is 30.0 Å². The van der Waals surface area contributed by atoms with E-state index in [2.05, 4.69) is 5.32 Å². The van der Waals surface area contributed by atoms with E-state index in [0.717, 1.165) is 11.8 Å². The molecule has 0 aliphatic rings. The molecule has 0 aliphatic carbocycles. The minimum absolute atomic E-state index is 0.200. The van der Waals surface area contributed by atoms with Crippen molar-refractivity contribution in [1.82, 2.24) is 0 Å². The van der Waals surface area contributed by atoms with Crippen molar-refractivity contribution in [3.05, 3.63) is 30.3 Å². The number of Topliss-reactive ketones (excluding diaryl/α,β-unsaturated/α-hetero) is 1. The number of carbonyl (C=O) groups excluding carboxylic acids is 2. The molecule has 1 atom stereocenters. The SMILES string of the molecule is CCOC(=S)S[C@H](C(C)=O)C(=O)Nc1ccccc1. The fourth-order valence-electron chi connectivity index (χ4n) is 1.30. The third-order valence-corrected chi connectivity index (χ3v) is 3.62. The number of benzene rings is 1. The maximum absolute atomic E-state index is 12.0. The number of ketones is 1. The van der Waals surface area contributed by atoms with Crippen molar-refractivity contribution in [3.8, 4) is 0 Å². The summed E-state index contributed by atoms with van der Waals surface area (Å²) < 4.78 is 5.28. The number of rotatable bonds is 5. The van der Waals surface area contributed by atoms with Gasteiger partial charge in [0.2, 0.25) is 10.3 Å². The predicted molar refractivity (Wildman–Crippen MR) is 81.4 cm³/mol. The Morgan fingerprint density at radius 2 is 2.00 bits per heavy atom. The van der Waals surface area contributed by atoms with Crippen LogP contribution in [0.2, 0.25) is 0 Å². The Morgan fingerprint density at radius 3 is 2.53 bits per heavy atom.